The average Bonchev–Trinajstić information content (AvgIpc) is 3.32. The van der Waals surface area contributed by atoms with Crippen LogP contribution in [0.2, 0.25) is 0 Å². The number of alkyl halides is 6. The topological polar surface area (TPSA) is 113 Å². The normalized spacial score (nSPS) is 19.8. The maximum atomic E-state index is 13.8. The van der Waals surface area contributed by atoms with Crippen molar-refractivity contribution >= 4 is 21.6 Å². The van der Waals surface area contributed by atoms with Crippen molar-refractivity contribution in [3.05, 3.63) is 59.2 Å². The van der Waals surface area contributed by atoms with E-state index in [1.807, 2.05) is 0 Å². The molecule has 14 heteroatoms. The van der Waals surface area contributed by atoms with Gasteiger partial charge >= 0.3 is 12.4 Å². The minimum absolute atomic E-state index is 0.0319. The Hall–Kier alpha value is -2.84. The van der Waals surface area contributed by atoms with E-state index in [4.69, 9.17) is 5.73 Å². The van der Waals surface area contributed by atoms with E-state index in [0.717, 1.165) is 28.8 Å². The second-order valence-corrected chi connectivity index (χ2v) is 12.2. The highest BCUT2D eigenvalue weighted by atomic mass is 32.2. The van der Waals surface area contributed by atoms with Gasteiger partial charge in [-0.25, -0.2) is 8.42 Å². The molecule has 1 amide bonds. The lowest BCUT2D eigenvalue weighted by molar-refractivity contribution is -0.376. The second kappa shape index (κ2) is 10.2. The van der Waals surface area contributed by atoms with Crippen molar-refractivity contribution in [2.24, 2.45) is 5.73 Å². The summed E-state index contributed by atoms with van der Waals surface area (Å²) in [5.41, 5.74) is -1.05. The number of nitrogens with two attached hydrogens (primary N) is 1. The van der Waals surface area contributed by atoms with Crippen LogP contribution in [0.25, 0.3) is 0 Å². The molecular formula is C26H29F6N3O4S. The minimum atomic E-state index is -6.09. The highest BCUT2D eigenvalue weighted by molar-refractivity contribution is 7.92. The maximum absolute atomic E-state index is 13.8. The molecule has 1 fully saturated rings. The third-order valence-corrected chi connectivity index (χ3v) is 9.54. The van der Waals surface area contributed by atoms with Gasteiger partial charge in [0, 0.05) is 12.1 Å². The summed E-state index contributed by atoms with van der Waals surface area (Å²) in [7, 11) is -4.38. The first kappa shape index (κ1) is 30.1. The molecular weight excluding hydrogens is 564 g/mol. The van der Waals surface area contributed by atoms with Crippen LogP contribution in [-0.4, -0.2) is 49.9 Å². The molecule has 4 rings (SSSR count). The number of rotatable bonds is 6. The number of hydrogen-bond acceptors (Lipinski definition) is 5. The lowest BCUT2D eigenvalue weighted by Gasteiger charge is -2.39. The average molecular weight is 594 g/mol. The van der Waals surface area contributed by atoms with E-state index in [0.29, 0.717) is 25.0 Å². The fourth-order valence-corrected chi connectivity index (χ4v) is 7.02. The van der Waals surface area contributed by atoms with Gasteiger partial charge in [0.2, 0.25) is 5.91 Å². The second-order valence-electron chi connectivity index (χ2n) is 10.4. The maximum Gasteiger partial charge on any atom is 0.430 e. The number of sulfonamides is 1. The largest absolute Gasteiger partial charge is 0.430 e. The molecule has 0 saturated heterocycles. The molecule has 1 atom stereocenters. The van der Waals surface area contributed by atoms with E-state index in [2.05, 4.69) is 5.32 Å². The summed E-state index contributed by atoms with van der Waals surface area (Å²) in [4.78, 5) is 12.7. The fraction of sp³-hybridized carbons (Fsp3) is 0.500. The number of aliphatic hydroxyl groups is 1. The van der Waals surface area contributed by atoms with Crippen LogP contribution in [-0.2, 0) is 26.8 Å². The Labute approximate surface area is 227 Å². The molecule has 1 heterocycles. The van der Waals surface area contributed by atoms with E-state index >= 15 is 0 Å². The van der Waals surface area contributed by atoms with Crippen molar-refractivity contribution in [2.75, 3.05) is 10.8 Å². The van der Waals surface area contributed by atoms with E-state index in [-0.39, 0.29) is 35.5 Å². The highest BCUT2D eigenvalue weighted by Gasteiger charge is 2.71. The highest BCUT2D eigenvalue weighted by Crippen LogP contribution is 2.51. The standard InChI is InChI=1S/C26H29F6N3O4S/c1-16-4-9-20(10-5-16)40(38,39)35-19(15-34-22(36)23(33)12-2-3-13-23)8-6-17-14-18(7-11-21(17)35)24(37,25(27,28)29)26(30,31)32/h4-5,7,9-11,14,19,37H,2-3,6,8,12-13,15,33H2,1H3,(H,34,36)/t19-/m0/s1. The molecule has 2 aromatic carbocycles. The summed E-state index contributed by atoms with van der Waals surface area (Å²) in [5.74, 6) is -0.459. The van der Waals surface area contributed by atoms with Gasteiger partial charge in [-0.2, -0.15) is 26.3 Å². The molecule has 40 heavy (non-hydrogen) atoms. The van der Waals surface area contributed by atoms with Crippen LogP contribution in [0.15, 0.2) is 47.4 Å². The van der Waals surface area contributed by atoms with Crippen LogP contribution in [0.1, 0.15) is 48.8 Å². The predicted octanol–water partition coefficient (Wildman–Crippen LogP) is 4.21. The number of benzene rings is 2. The number of anilines is 1. The third kappa shape index (κ3) is 5.16. The molecule has 1 saturated carbocycles. The molecule has 0 spiro atoms. The Balaban J connectivity index is 1.77. The van der Waals surface area contributed by atoms with Gasteiger partial charge in [-0.15, -0.1) is 0 Å². The number of nitrogens with zero attached hydrogens (tertiary/aromatic N) is 1. The first-order valence-electron chi connectivity index (χ1n) is 12.6. The molecule has 0 aromatic heterocycles. The number of carbonyl (C=O) groups excluding carboxylic acids is 1. The third-order valence-electron chi connectivity index (χ3n) is 7.66. The molecule has 0 unspecified atom stereocenters. The molecule has 220 valence electrons. The van der Waals surface area contributed by atoms with Crippen LogP contribution < -0.4 is 15.4 Å². The van der Waals surface area contributed by atoms with Crippen LogP contribution in [0.5, 0.6) is 0 Å². The van der Waals surface area contributed by atoms with Gasteiger partial charge in [0.25, 0.3) is 15.6 Å². The quantitative estimate of drug-likeness (QED) is 0.435. The fourth-order valence-electron chi connectivity index (χ4n) is 5.30. The zero-order valence-corrected chi connectivity index (χ0v) is 22.3. The van der Waals surface area contributed by atoms with Crippen LogP contribution in [0.3, 0.4) is 0 Å². The lowest BCUT2D eigenvalue weighted by Crippen LogP contribution is -2.56. The molecule has 0 bridgehead atoms. The first-order chi connectivity index (χ1) is 18.4. The molecule has 4 N–H and O–H groups in total. The van der Waals surface area contributed by atoms with Gasteiger partial charge in [-0.1, -0.05) is 42.7 Å². The number of fused-ring (bicyclic) bond motifs is 1. The molecule has 0 radical (unpaired) electrons. The van der Waals surface area contributed by atoms with E-state index in [1.165, 1.54) is 12.1 Å². The van der Waals surface area contributed by atoms with Crippen LogP contribution >= 0.6 is 0 Å². The summed E-state index contributed by atoms with van der Waals surface area (Å²) in [5, 5.41) is 12.6. The molecule has 2 aliphatic rings. The number of aryl methyl sites for hydroxylation is 2. The molecule has 1 aliphatic heterocycles. The number of carbonyl (C=O) groups is 1. The van der Waals surface area contributed by atoms with Gasteiger partial charge in [0.1, 0.15) is 0 Å². The number of halogens is 6. The van der Waals surface area contributed by atoms with Crippen LogP contribution in [0, 0.1) is 6.92 Å². The molecule has 7 nitrogen and oxygen atoms in total. The Morgan fingerprint density at radius 3 is 2.17 bits per heavy atom. The smallest absolute Gasteiger partial charge is 0.369 e. The summed E-state index contributed by atoms with van der Waals surface area (Å²) in [6.45, 7) is 1.56. The van der Waals surface area contributed by atoms with Crippen molar-refractivity contribution in [1.82, 2.24) is 5.32 Å². The van der Waals surface area contributed by atoms with E-state index in [9.17, 15) is 44.7 Å². The first-order valence-corrected chi connectivity index (χ1v) is 14.0. The number of amides is 1. The Kier molecular flexibility index (Phi) is 7.69. The number of nitrogens with one attached hydrogen (secondary N) is 1. The summed E-state index contributed by atoms with van der Waals surface area (Å²) < 4.78 is 110. The van der Waals surface area contributed by atoms with E-state index < -0.39 is 51.0 Å². The van der Waals surface area contributed by atoms with Crippen molar-refractivity contribution < 1.29 is 44.7 Å². The predicted molar refractivity (Wildman–Crippen MR) is 134 cm³/mol. The minimum Gasteiger partial charge on any atom is -0.369 e. The zero-order valence-electron chi connectivity index (χ0n) is 21.4. The summed E-state index contributed by atoms with van der Waals surface area (Å²) in [6, 6.07) is 6.63. The Morgan fingerprint density at radius 1 is 1.05 bits per heavy atom. The molecule has 2 aromatic rings. The van der Waals surface area contributed by atoms with E-state index in [1.54, 1.807) is 19.1 Å². The monoisotopic (exact) mass is 593 g/mol. The zero-order chi connectivity index (χ0) is 29.7. The SMILES string of the molecule is Cc1ccc(S(=O)(=O)N2c3ccc(C(O)(C(F)(F)F)C(F)(F)F)cc3CC[C@H]2CNC(=O)C2(N)CCCC2)cc1. The van der Waals surface area contributed by atoms with Crippen molar-refractivity contribution in [1.29, 1.82) is 0 Å². The van der Waals surface area contributed by atoms with Gasteiger partial charge in [-0.3, -0.25) is 9.10 Å². The van der Waals surface area contributed by atoms with Crippen LogP contribution in [0.4, 0.5) is 32.0 Å². The van der Waals surface area contributed by atoms with Crippen molar-refractivity contribution in [3.63, 3.8) is 0 Å². The van der Waals surface area contributed by atoms with Crippen molar-refractivity contribution in [3.8, 4) is 0 Å². The van der Waals surface area contributed by atoms with Gasteiger partial charge in [-0.05, 0) is 56.4 Å². The summed E-state index contributed by atoms with van der Waals surface area (Å²) in [6.07, 6.45) is -9.87. The Morgan fingerprint density at radius 2 is 1.62 bits per heavy atom. The van der Waals surface area contributed by atoms with Gasteiger partial charge in [0.05, 0.1) is 22.2 Å². The number of hydrogen-bond donors (Lipinski definition) is 3. The molecule has 1 aliphatic carbocycles. The van der Waals surface area contributed by atoms with Crippen molar-refractivity contribution in [2.45, 2.75) is 79.9 Å². The van der Waals surface area contributed by atoms with Gasteiger partial charge < -0.3 is 16.2 Å². The van der Waals surface area contributed by atoms with Gasteiger partial charge in [0.15, 0.2) is 0 Å². The summed E-state index contributed by atoms with van der Waals surface area (Å²) >= 11 is 0. The Bertz CT molecular complexity index is 1360. The lowest BCUT2D eigenvalue weighted by atomic mass is 9.88.